The Morgan fingerprint density at radius 1 is 1.09 bits per heavy atom. The van der Waals surface area contributed by atoms with Gasteiger partial charge in [-0.25, -0.2) is 9.78 Å². The van der Waals surface area contributed by atoms with Crippen molar-refractivity contribution in [1.29, 1.82) is 0 Å². The fraction of sp³-hybridized carbons (Fsp3) is 0.412. The van der Waals surface area contributed by atoms with E-state index in [1.54, 1.807) is 0 Å². The smallest absolute Gasteiger partial charge is 0.322 e. The zero-order chi connectivity index (χ0) is 17.1. The van der Waals surface area contributed by atoms with Crippen LogP contribution in [0, 0.1) is 13.8 Å². The van der Waals surface area contributed by atoms with E-state index in [1.165, 1.54) is 0 Å². The highest BCUT2D eigenvalue weighted by Crippen LogP contribution is 2.23. The van der Waals surface area contributed by atoms with Gasteiger partial charge in [-0.3, -0.25) is 9.78 Å². The van der Waals surface area contributed by atoms with Crippen LogP contribution in [0.1, 0.15) is 38.3 Å². The third-order valence-electron chi connectivity index (χ3n) is 3.67. The fourth-order valence-corrected chi connectivity index (χ4v) is 2.50. The molecule has 0 amide bonds. The highest BCUT2D eigenvalue weighted by atomic mass is 16.2. The number of aromatic nitrogens is 4. The van der Waals surface area contributed by atoms with Gasteiger partial charge in [0.1, 0.15) is 0 Å². The minimum atomic E-state index is -0.637. The summed E-state index contributed by atoms with van der Waals surface area (Å²) in [6.45, 7) is 10.7. The molecule has 0 aromatic heterocycles. The topological polar surface area (TPSA) is 80.6 Å². The maximum atomic E-state index is 12.0. The van der Waals surface area contributed by atoms with Gasteiger partial charge in [-0.2, -0.15) is 4.98 Å². The molecule has 2 heterocycles. The molecule has 1 aromatic carbocycles. The van der Waals surface area contributed by atoms with E-state index >= 15 is 0 Å². The Bertz CT molecular complexity index is 924. The molecule has 2 aliphatic rings. The molecule has 0 bridgehead atoms. The molecule has 0 atom stereocenters. The van der Waals surface area contributed by atoms with Gasteiger partial charge in [0.25, 0.3) is 5.56 Å². The third-order valence-corrected chi connectivity index (χ3v) is 3.67. The van der Waals surface area contributed by atoms with Crippen LogP contribution < -0.4 is 11.2 Å². The minimum Gasteiger partial charge on any atom is -0.322 e. The molecule has 1 aromatic rings. The van der Waals surface area contributed by atoms with Gasteiger partial charge >= 0.3 is 5.69 Å². The van der Waals surface area contributed by atoms with E-state index in [0.29, 0.717) is 12.4 Å². The number of nitrogens with one attached hydrogen (secondary N) is 1. The van der Waals surface area contributed by atoms with Crippen LogP contribution >= 0.6 is 0 Å². The van der Waals surface area contributed by atoms with Crippen molar-refractivity contribution in [3.05, 3.63) is 44.1 Å². The van der Waals surface area contributed by atoms with Crippen LogP contribution in [-0.4, -0.2) is 19.5 Å². The van der Waals surface area contributed by atoms with E-state index in [9.17, 15) is 9.59 Å². The van der Waals surface area contributed by atoms with Crippen LogP contribution in [0.15, 0.2) is 21.7 Å². The van der Waals surface area contributed by atoms with Crippen molar-refractivity contribution >= 4 is 11.0 Å². The van der Waals surface area contributed by atoms with E-state index in [4.69, 9.17) is 0 Å². The van der Waals surface area contributed by atoms with E-state index in [-0.39, 0.29) is 5.69 Å². The lowest BCUT2D eigenvalue weighted by atomic mass is 10.1. The Morgan fingerprint density at radius 2 is 1.74 bits per heavy atom. The van der Waals surface area contributed by atoms with Crippen LogP contribution in [0.4, 0.5) is 0 Å². The Hall–Kier alpha value is -2.50. The van der Waals surface area contributed by atoms with Gasteiger partial charge in [0, 0.05) is 6.54 Å². The number of H-pyrrole nitrogens is 1. The van der Waals surface area contributed by atoms with E-state index in [0.717, 1.165) is 28.6 Å². The number of benzene rings is 1. The predicted octanol–water partition coefficient (Wildman–Crippen LogP) is 2.64. The Balaban J connectivity index is 0.000000924. The van der Waals surface area contributed by atoms with Gasteiger partial charge in [0.05, 0.1) is 11.0 Å². The van der Waals surface area contributed by atoms with Gasteiger partial charge in [-0.1, -0.05) is 20.8 Å². The summed E-state index contributed by atoms with van der Waals surface area (Å²) in [4.78, 5) is 34.0. The molecule has 0 aliphatic carbocycles. The first-order valence-electron chi connectivity index (χ1n) is 7.93. The SMILES string of the molecule is CC.CCCn1c2nc(=O)[nH]c(=O)c-2nc2cc(C)c(C)cc21. The zero-order valence-electron chi connectivity index (χ0n) is 14.2. The number of aromatic amines is 1. The lowest BCUT2D eigenvalue weighted by Gasteiger charge is -2.17. The van der Waals surface area contributed by atoms with Crippen LogP contribution in [-0.2, 0) is 6.54 Å². The first-order chi connectivity index (χ1) is 11.0. The van der Waals surface area contributed by atoms with Crippen molar-refractivity contribution in [3.63, 3.8) is 0 Å². The van der Waals surface area contributed by atoms with Crippen LogP contribution in [0.2, 0.25) is 0 Å². The molecule has 6 nitrogen and oxygen atoms in total. The summed E-state index contributed by atoms with van der Waals surface area (Å²) in [6.07, 6.45) is 0.870. The zero-order valence-corrected chi connectivity index (χ0v) is 14.2. The van der Waals surface area contributed by atoms with Gasteiger partial charge < -0.3 is 4.57 Å². The highest BCUT2D eigenvalue weighted by molar-refractivity contribution is 5.80. The lowest BCUT2D eigenvalue weighted by molar-refractivity contribution is 0.684. The summed E-state index contributed by atoms with van der Waals surface area (Å²) < 4.78 is 1.90. The Kier molecular flexibility index (Phi) is 4.93. The average molecular weight is 314 g/mol. The molecule has 0 fully saturated rings. The largest absolute Gasteiger partial charge is 0.349 e. The van der Waals surface area contributed by atoms with Crippen molar-refractivity contribution < 1.29 is 0 Å². The third kappa shape index (κ3) is 3.02. The fourth-order valence-electron chi connectivity index (χ4n) is 2.50. The normalized spacial score (nSPS) is 10.7. The average Bonchev–Trinajstić information content (AvgIpc) is 2.52. The number of aryl methyl sites for hydroxylation is 3. The molecule has 2 aliphatic heterocycles. The Labute approximate surface area is 134 Å². The maximum Gasteiger partial charge on any atom is 0.349 e. The second-order valence-corrected chi connectivity index (χ2v) is 5.23. The number of hydrogen-bond donors (Lipinski definition) is 1. The van der Waals surface area contributed by atoms with Crippen molar-refractivity contribution in [2.75, 3.05) is 0 Å². The Morgan fingerprint density at radius 3 is 2.39 bits per heavy atom. The second-order valence-electron chi connectivity index (χ2n) is 5.23. The van der Waals surface area contributed by atoms with Crippen LogP contribution in [0.25, 0.3) is 22.6 Å². The summed E-state index contributed by atoms with van der Waals surface area (Å²) >= 11 is 0. The second kappa shape index (κ2) is 6.73. The first-order valence-corrected chi connectivity index (χ1v) is 7.93. The quantitative estimate of drug-likeness (QED) is 0.737. The number of nitrogens with zero attached hydrogens (tertiary/aromatic N) is 3. The molecule has 23 heavy (non-hydrogen) atoms. The van der Waals surface area contributed by atoms with Crippen LogP contribution in [0.3, 0.4) is 0 Å². The molecule has 3 rings (SSSR count). The summed E-state index contributed by atoms with van der Waals surface area (Å²) in [6, 6.07) is 3.99. The van der Waals surface area contributed by atoms with Crippen molar-refractivity contribution in [2.45, 2.75) is 47.6 Å². The number of hydrogen-bond acceptors (Lipinski definition) is 4. The molecule has 0 unspecified atom stereocenters. The van der Waals surface area contributed by atoms with Gasteiger partial charge in [0.15, 0.2) is 11.5 Å². The monoisotopic (exact) mass is 314 g/mol. The summed E-state index contributed by atoms with van der Waals surface area (Å²) in [5.74, 6) is 0.348. The molecule has 0 saturated carbocycles. The van der Waals surface area contributed by atoms with Gasteiger partial charge in [-0.05, 0) is 43.5 Å². The summed E-state index contributed by atoms with van der Waals surface area (Å²) in [7, 11) is 0. The van der Waals surface area contributed by atoms with Crippen molar-refractivity contribution in [3.8, 4) is 11.5 Å². The highest BCUT2D eigenvalue weighted by Gasteiger charge is 2.18. The molecule has 6 heteroatoms. The number of rotatable bonds is 2. The van der Waals surface area contributed by atoms with Crippen LogP contribution in [0.5, 0.6) is 0 Å². The molecular formula is C17H22N4O2. The van der Waals surface area contributed by atoms with Gasteiger partial charge in [0.2, 0.25) is 0 Å². The van der Waals surface area contributed by atoms with E-state index < -0.39 is 11.2 Å². The van der Waals surface area contributed by atoms with Crippen molar-refractivity contribution in [1.82, 2.24) is 19.5 Å². The number of fused-ring (bicyclic) bond motifs is 2. The first kappa shape index (κ1) is 16.9. The summed E-state index contributed by atoms with van der Waals surface area (Å²) in [5.41, 5.74) is 2.97. The van der Waals surface area contributed by atoms with Crippen molar-refractivity contribution in [2.24, 2.45) is 0 Å². The molecule has 122 valence electrons. The summed E-state index contributed by atoms with van der Waals surface area (Å²) in [5, 5.41) is 0. The molecule has 0 saturated heterocycles. The maximum absolute atomic E-state index is 12.0. The molecule has 1 N–H and O–H groups in total. The van der Waals surface area contributed by atoms with E-state index in [2.05, 4.69) is 15.0 Å². The molecule has 0 spiro atoms. The van der Waals surface area contributed by atoms with E-state index in [1.807, 2.05) is 51.3 Å². The molecule has 0 radical (unpaired) electrons. The lowest BCUT2D eigenvalue weighted by Crippen LogP contribution is -2.28. The predicted molar refractivity (Wildman–Crippen MR) is 92.2 cm³/mol. The van der Waals surface area contributed by atoms with Gasteiger partial charge in [-0.15, -0.1) is 0 Å². The molecular weight excluding hydrogens is 292 g/mol. The standard InChI is InChI=1S/C15H16N4O2.C2H6/c1-4-5-19-11-7-9(3)8(2)6-10(11)16-12-13(19)17-15(21)18-14(12)20;1-2/h6-7H,4-5H2,1-3H3,(H,18,20,21);1-2H3. The minimum absolute atomic E-state index is 0.207.